The lowest BCUT2D eigenvalue weighted by atomic mass is 9.93. The summed E-state index contributed by atoms with van der Waals surface area (Å²) >= 11 is 3.44. The first kappa shape index (κ1) is 22.0. The molecule has 1 atom stereocenters. The molecule has 2 aliphatic rings. The van der Waals surface area contributed by atoms with Gasteiger partial charge in [-0.25, -0.2) is 4.39 Å². The Balaban J connectivity index is 1.56. The minimum atomic E-state index is -0.768. The lowest BCUT2D eigenvalue weighted by Crippen LogP contribution is -2.52. The van der Waals surface area contributed by atoms with Gasteiger partial charge in [0, 0.05) is 12.5 Å². The second-order valence-electron chi connectivity index (χ2n) is 8.45. The van der Waals surface area contributed by atoms with Crippen LogP contribution in [0.2, 0.25) is 0 Å². The number of carbonyl (C=O) groups excluding carboxylic acids is 2. The van der Waals surface area contributed by atoms with Crippen LogP contribution in [0.3, 0.4) is 0 Å². The first-order valence-corrected chi connectivity index (χ1v) is 11.5. The molecule has 2 aromatic carbocycles. The molecule has 1 aliphatic heterocycles. The highest BCUT2D eigenvalue weighted by atomic mass is 79.9. The summed E-state index contributed by atoms with van der Waals surface area (Å²) in [6.07, 6.45) is 3.42. The van der Waals surface area contributed by atoms with Gasteiger partial charge < -0.3 is 10.6 Å². The van der Waals surface area contributed by atoms with E-state index in [1.54, 1.807) is 12.1 Å². The standard InChI is InChI=1S/C24H27BrFN3O2/c25-29(23(31)24(11-12-24)18-7-4-8-19(26)16-18)21(15-17-5-2-1-3-6-17)22(30)28-20-9-13-27-14-10-20/h1-8,16,20-21,27H,9-15H2,(H,28,30)/t21-/m0/s1. The lowest BCUT2D eigenvalue weighted by molar-refractivity contribution is -0.136. The van der Waals surface area contributed by atoms with Crippen LogP contribution in [0.15, 0.2) is 54.6 Å². The van der Waals surface area contributed by atoms with Crippen molar-refractivity contribution in [2.45, 2.75) is 49.6 Å². The second kappa shape index (κ2) is 9.49. The van der Waals surface area contributed by atoms with E-state index in [0.717, 1.165) is 31.5 Å². The van der Waals surface area contributed by atoms with Crippen molar-refractivity contribution < 1.29 is 14.0 Å². The van der Waals surface area contributed by atoms with Crippen molar-refractivity contribution in [3.05, 3.63) is 71.5 Å². The number of piperidine rings is 1. The molecule has 0 spiro atoms. The van der Waals surface area contributed by atoms with Crippen LogP contribution in [-0.4, -0.2) is 40.9 Å². The Morgan fingerprint density at radius 1 is 1.13 bits per heavy atom. The maximum Gasteiger partial charge on any atom is 0.244 e. The molecular weight excluding hydrogens is 461 g/mol. The third-order valence-corrected chi connectivity index (χ3v) is 7.08. The molecule has 2 amide bonds. The molecule has 0 bridgehead atoms. The summed E-state index contributed by atoms with van der Waals surface area (Å²) in [6, 6.07) is 15.3. The zero-order valence-electron chi connectivity index (χ0n) is 17.3. The first-order chi connectivity index (χ1) is 15.0. The van der Waals surface area contributed by atoms with Gasteiger partial charge in [0.05, 0.1) is 21.6 Å². The predicted octanol–water partition coefficient (Wildman–Crippen LogP) is 3.48. The van der Waals surface area contributed by atoms with E-state index in [0.29, 0.717) is 24.8 Å². The zero-order chi connectivity index (χ0) is 21.8. The van der Waals surface area contributed by atoms with Gasteiger partial charge in [0.15, 0.2) is 0 Å². The van der Waals surface area contributed by atoms with Crippen molar-refractivity contribution >= 4 is 28.0 Å². The third kappa shape index (κ3) is 4.99. The molecule has 2 fully saturated rings. The second-order valence-corrected chi connectivity index (χ2v) is 9.21. The number of hydrogen-bond acceptors (Lipinski definition) is 3. The van der Waals surface area contributed by atoms with Crippen LogP contribution in [-0.2, 0) is 21.4 Å². The van der Waals surface area contributed by atoms with Gasteiger partial charge in [-0.15, -0.1) is 0 Å². The van der Waals surface area contributed by atoms with Crippen LogP contribution in [0.4, 0.5) is 4.39 Å². The van der Waals surface area contributed by atoms with Crippen molar-refractivity contribution in [2.24, 2.45) is 0 Å². The van der Waals surface area contributed by atoms with Crippen molar-refractivity contribution in [3.8, 4) is 0 Å². The van der Waals surface area contributed by atoms with Gasteiger partial charge in [0.25, 0.3) is 0 Å². The van der Waals surface area contributed by atoms with Crippen molar-refractivity contribution in [1.82, 2.24) is 14.6 Å². The van der Waals surface area contributed by atoms with E-state index in [1.807, 2.05) is 30.3 Å². The highest BCUT2D eigenvalue weighted by Crippen LogP contribution is 2.50. The molecule has 7 heteroatoms. The summed E-state index contributed by atoms with van der Waals surface area (Å²) in [4.78, 5) is 26.8. The van der Waals surface area contributed by atoms with Gasteiger partial charge >= 0.3 is 0 Å². The van der Waals surface area contributed by atoms with Gasteiger partial charge in [-0.05, 0) is 62.0 Å². The Bertz CT molecular complexity index is 929. The predicted molar refractivity (Wildman–Crippen MR) is 121 cm³/mol. The number of benzene rings is 2. The fraction of sp³-hybridized carbons (Fsp3) is 0.417. The van der Waals surface area contributed by atoms with E-state index in [1.165, 1.54) is 16.1 Å². The zero-order valence-corrected chi connectivity index (χ0v) is 18.9. The molecule has 0 radical (unpaired) electrons. The van der Waals surface area contributed by atoms with Gasteiger partial charge in [-0.3, -0.25) is 13.5 Å². The van der Waals surface area contributed by atoms with Crippen LogP contribution in [0, 0.1) is 5.82 Å². The number of carbonyl (C=O) groups is 2. The third-order valence-electron chi connectivity index (χ3n) is 6.26. The Morgan fingerprint density at radius 2 is 1.84 bits per heavy atom. The number of nitrogens with zero attached hydrogens (tertiary/aromatic N) is 1. The van der Waals surface area contributed by atoms with E-state index < -0.39 is 11.5 Å². The quantitative estimate of drug-likeness (QED) is 0.587. The smallest absolute Gasteiger partial charge is 0.244 e. The summed E-state index contributed by atoms with van der Waals surface area (Å²) in [5.41, 5.74) is 0.871. The first-order valence-electron chi connectivity index (χ1n) is 10.8. The lowest BCUT2D eigenvalue weighted by Gasteiger charge is -2.31. The number of nitrogens with one attached hydrogen (secondary N) is 2. The Morgan fingerprint density at radius 3 is 2.48 bits per heavy atom. The number of hydrogen-bond donors (Lipinski definition) is 2. The summed E-state index contributed by atoms with van der Waals surface area (Å²) < 4.78 is 15.2. The largest absolute Gasteiger partial charge is 0.351 e. The highest BCUT2D eigenvalue weighted by Gasteiger charge is 2.54. The monoisotopic (exact) mass is 487 g/mol. The molecular formula is C24H27BrFN3O2. The van der Waals surface area contributed by atoms with Crippen molar-refractivity contribution in [3.63, 3.8) is 0 Å². The fourth-order valence-electron chi connectivity index (χ4n) is 4.26. The molecule has 0 unspecified atom stereocenters. The highest BCUT2D eigenvalue weighted by molar-refractivity contribution is 9.07. The molecule has 2 aromatic rings. The normalized spacial score (nSPS) is 18.8. The summed E-state index contributed by atoms with van der Waals surface area (Å²) in [5.74, 6) is -0.724. The molecule has 31 heavy (non-hydrogen) atoms. The number of rotatable bonds is 7. The molecule has 164 valence electrons. The summed E-state index contributed by atoms with van der Waals surface area (Å²) in [6.45, 7) is 1.74. The van der Waals surface area contributed by atoms with Gasteiger partial charge in [0.2, 0.25) is 11.8 Å². The SMILES string of the molecule is O=C(NC1CCNCC1)[C@H](Cc1ccccc1)N(Br)C(=O)C1(c2cccc(F)c2)CC1. The van der Waals surface area contributed by atoms with Crippen LogP contribution in [0.1, 0.15) is 36.8 Å². The molecule has 0 aromatic heterocycles. The molecule has 1 saturated carbocycles. The molecule has 4 rings (SSSR count). The van der Waals surface area contributed by atoms with E-state index in [9.17, 15) is 14.0 Å². The molecule has 2 N–H and O–H groups in total. The molecule has 1 aliphatic carbocycles. The maximum atomic E-state index is 13.8. The average molecular weight is 488 g/mol. The molecule has 5 nitrogen and oxygen atoms in total. The minimum Gasteiger partial charge on any atom is -0.351 e. The number of amides is 2. The van der Waals surface area contributed by atoms with Gasteiger partial charge in [0.1, 0.15) is 11.9 Å². The fourth-order valence-corrected chi connectivity index (χ4v) is 4.93. The molecule has 1 heterocycles. The van der Waals surface area contributed by atoms with Crippen LogP contribution in [0.25, 0.3) is 0 Å². The summed E-state index contributed by atoms with van der Waals surface area (Å²) in [5, 5.41) is 6.43. The molecule has 1 saturated heterocycles. The van der Waals surface area contributed by atoms with E-state index >= 15 is 0 Å². The Kier molecular flexibility index (Phi) is 6.72. The van der Waals surface area contributed by atoms with Crippen LogP contribution < -0.4 is 10.6 Å². The Hall–Kier alpha value is -2.25. The van der Waals surface area contributed by atoms with Crippen molar-refractivity contribution in [1.29, 1.82) is 0 Å². The Labute approximate surface area is 190 Å². The van der Waals surface area contributed by atoms with Gasteiger partial charge in [-0.1, -0.05) is 42.5 Å². The van der Waals surface area contributed by atoms with Crippen molar-refractivity contribution in [2.75, 3.05) is 13.1 Å². The average Bonchev–Trinajstić information content (AvgIpc) is 3.60. The van der Waals surface area contributed by atoms with E-state index in [2.05, 4.69) is 26.8 Å². The van der Waals surface area contributed by atoms with E-state index in [4.69, 9.17) is 0 Å². The van der Waals surface area contributed by atoms with Crippen LogP contribution >= 0.6 is 16.1 Å². The number of halogens is 2. The van der Waals surface area contributed by atoms with E-state index in [-0.39, 0.29) is 23.7 Å². The van der Waals surface area contributed by atoms with Crippen LogP contribution in [0.5, 0.6) is 0 Å². The summed E-state index contributed by atoms with van der Waals surface area (Å²) in [7, 11) is 0. The minimum absolute atomic E-state index is 0.0983. The maximum absolute atomic E-state index is 13.8. The topological polar surface area (TPSA) is 61.4 Å². The van der Waals surface area contributed by atoms with Gasteiger partial charge in [-0.2, -0.15) is 0 Å².